The van der Waals surface area contributed by atoms with Crippen LogP contribution in [-0.4, -0.2) is 34.0 Å². The maximum Gasteiger partial charge on any atom is 0.300 e. The lowest BCUT2D eigenvalue weighted by molar-refractivity contribution is -0.132. The lowest BCUT2D eigenvalue weighted by Gasteiger charge is -2.26. The molecule has 1 aromatic heterocycles. The monoisotopic (exact) mass is 436 g/mol. The molecule has 1 aliphatic heterocycles. The molecule has 2 heterocycles. The van der Waals surface area contributed by atoms with Crippen LogP contribution in [0.15, 0.2) is 72.6 Å². The number of carbonyl (C=O) groups is 2. The fourth-order valence-electron chi connectivity index (χ4n) is 3.62. The number of amides is 1. The zero-order valence-electron chi connectivity index (χ0n) is 16.3. The van der Waals surface area contributed by atoms with Gasteiger partial charge < -0.3 is 14.9 Å². The first kappa shape index (κ1) is 20.4. The molecule has 0 aliphatic carbocycles. The molecule has 1 unspecified atom stereocenters. The minimum atomic E-state index is -1.02. The fourth-order valence-corrected chi connectivity index (χ4v) is 3.78. The fraction of sp³-hybridized carbons (Fsp3) is 0.0870. The molecular weight excluding hydrogens is 420 g/mol. The number of hydrogen-bond acceptors (Lipinski definition) is 6. The molecular formula is C23H17ClN2O5. The average Bonchev–Trinajstić information content (AvgIpc) is 3.06. The van der Waals surface area contributed by atoms with Gasteiger partial charge >= 0.3 is 0 Å². The van der Waals surface area contributed by atoms with Gasteiger partial charge in [-0.25, -0.2) is 0 Å². The zero-order chi connectivity index (χ0) is 22.1. The Morgan fingerprint density at radius 1 is 1.10 bits per heavy atom. The number of benzene rings is 2. The van der Waals surface area contributed by atoms with Gasteiger partial charge in [-0.15, -0.1) is 0 Å². The van der Waals surface area contributed by atoms with E-state index in [9.17, 15) is 19.8 Å². The van der Waals surface area contributed by atoms with E-state index in [0.29, 0.717) is 11.3 Å². The minimum absolute atomic E-state index is 0.0514. The van der Waals surface area contributed by atoms with Crippen molar-refractivity contribution in [2.75, 3.05) is 12.0 Å². The van der Waals surface area contributed by atoms with Crippen LogP contribution in [0.4, 0.5) is 5.69 Å². The van der Waals surface area contributed by atoms with Gasteiger partial charge in [0.15, 0.2) is 0 Å². The highest BCUT2D eigenvalue weighted by Crippen LogP contribution is 2.45. The molecule has 0 saturated carbocycles. The number of ketones is 1. The molecule has 1 aliphatic rings. The number of aliphatic hydroxyl groups is 1. The van der Waals surface area contributed by atoms with Gasteiger partial charge in [0.1, 0.15) is 17.3 Å². The maximum absolute atomic E-state index is 13.1. The summed E-state index contributed by atoms with van der Waals surface area (Å²) in [6.45, 7) is 0. The number of halogens is 1. The molecule has 1 atom stereocenters. The Bertz CT molecular complexity index is 1210. The van der Waals surface area contributed by atoms with Gasteiger partial charge in [-0.1, -0.05) is 23.7 Å². The summed E-state index contributed by atoms with van der Waals surface area (Å²) < 4.78 is 5.30. The first-order chi connectivity index (χ1) is 14.9. The summed E-state index contributed by atoms with van der Waals surface area (Å²) in [7, 11) is 1.44. The van der Waals surface area contributed by atoms with Crippen molar-refractivity contribution < 1.29 is 24.5 Å². The highest BCUT2D eigenvalue weighted by molar-refractivity contribution is 6.52. The van der Waals surface area contributed by atoms with Crippen LogP contribution < -0.4 is 9.64 Å². The Labute approximate surface area is 182 Å². The molecule has 1 fully saturated rings. The molecule has 1 amide bonds. The van der Waals surface area contributed by atoms with Crippen molar-refractivity contribution in [3.8, 4) is 11.5 Å². The molecule has 156 valence electrons. The second-order valence-electron chi connectivity index (χ2n) is 6.78. The molecule has 0 spiro atoms. The average molecular weight is 437 g/mol. The number of Topliss-reactive ketones (excluding diaryl/α,β-unsaturated/α-hetero) is 1. The standard InChI is InChI=1S/C23H17ClN2O5/c1-31-18-5-3-2-4-15(18)21(28)19-20(13-8-10-25-11-9-13)26(23(30)22(19)29)16-12-14(24)6-7-17(16)27/h2-12,20,27-28H,1H3/b21-19+. The van der Waals surface area contributed by atoms with Crippen molar-refractivity contribution >= 4 is 34.7 Å². The molecule has 8 heteroatoms. The first-order valence-electron chi connectivity index (χ1n) is 9.27. The van der Waals surface area contributed by atoms with E-state index in [-0.39, 0.29) is 33.4 Å². The van der Waals surface area contributed by atoms with Crippen molar-refractivity contribution in [1.82, 2.24) is 4.98 Å². The van der Waals surface area contributed by atoms with E-state index < -0.39 is 17.7 Å². The number of pyridine rings is 1. The van der Waals surface area contributed by atoms with Crippen molar-refractivity contribution in [2.24, 2.45) is 0 Å². The van der Waals surface area contributed by atoms with Crippen LogP contribution in [0.5, 0.6) is 11.5 Å². The van der Waals surface area contributed by atoms with Crippen molar-refractivity contribution in [3.05, 3.63) is 88.7 Å². The number of phenols is 1. The largest absolute Gasteiger partial charge is 0.507 e. The zero-order valence-corrected chi connectivity index (χ0v) is 17.1. The third-order valence-corrected chi connectivity index (χ3v) is 5.26. The smallest absolute Gasteiger partial charge is 0.300 e. The van der Waals surface area contributed by atoms with E-state index in [1.807, 2.05) is 0 Å². The van der Waals surface area contributed by atoms with Crippen molar-refractivity contribution in [3.63, 3.8) is 0 Å². The molecule has 4 rings (SSSR count). The molecule has 1 saturated heterocycles. The molecule has 2 aromatic carbocycles. The third kappa shape index (κ3) is 3.49. The van der Waals surface area contributed by atoms with Gasteiger partial charge in [0.25, 0.3) is 11.7 Å². The van der Waals surface area contributed by atoms with Crippen LogP contribution in [0.2, 0.25) is 5.02 Å². The summed E-state index contributed by atoms with van der Waals surface area (Å²) in [5.74, 6) is -2.09. The predicted molar refractivity (Wildman–Crippen MR) is 115 cm³/mol. The summed E-state index contributed by atoms with van der Waals surface area (Å²) in [4.78, 5) is 31.3. The topological polar surface area (TPSA) is 100.0 Å². The van der Waals surface area contributed by atoms with Crippen LogP contribution in [-0.2, 0) is 9.59 Å². The van der Waals surface area contributed by atoms with Gasteiger partial charge in [0.05, 0.1) is 30.0 Å². The minimum Gasteiger partial charge on any atom is -0.507 e. The number of para-hydroxylation sites is 1. The van der Waals surface area contributed by atoms with Crippen LogP contribution in [0.25, 0.3) is 5.76 Å². The SMILES string of the molecule is COc1ccccc1/C(O)=C1\C(=O)C(=O)N(c2cc(Cl)ccc2O)C1c1ccncc1. The normalized spacial score (nSPS) is 17.7. The van der Waals surface area contributed by atoms with Crippen LogP contribution >= 0.6 is 11.6 Å². The van der Waals surface area contributed by atoms with Crippen molar-refractivity contribution in [1.29, 1.82) is 0 Å². The maximum atomic E-state index is 13.1. The number of rotatable bonds is 4. The first-order valence-corrected chi connectivity index (χ1v) is 9.64. The number of carbonyl (C=O) groups excluding carboxylic acids is 2. The number of methoxy groups -OCH3 is 1. The number of aliphatic hydroxyl groups excluding tert-OH is 1. The number of nitrogens with zero attached hydrogens (tertiary/aromatic N) is 2. The summed E-state index contributed by atoms with van der Waals surface area (Å²) in [5.41, 5.74) is 0.693. The van der Waals surface area contributed by atoms with Gasteiger partial charge in [0, 0.05) is 17.4 Å². The van der Waals surface area contributed by atoms with Gasteiger partial charge in [-0.05, 0) is 48.0 Å². The lowest BCUT2D eigenvalue weighted by Crippen LogP contribution is -2.29. The van der Waals surface area contributed by atoms with E-state index in [4.69, 9.17) is 16.3 Å². The third-order valence-electron chi connectivity index (χ3n) is 5.03. The van der Waals surface area contributed by atoms with E-state index in [2.05, 4.69) is 4.98 Å². The lowest BCUT2D eigenvalue weighted by atomic mass is 9.95. The molecule has 31 heavy (non-hydrogen) atoms. The number of aromatic nitrogens is 1. The molecule has 0 radical (unpaired) electrons. The highest BCUT2D eigenvalue weighted by atomic mass is 35.5. The summed E-state index contributed by atoms with van der Waals surface area (Å²) in [6.07, 6.45) is 3.02. The predicted octanol–water partition coefficient (Wildman–Crippen LogP) is 4.08. The van der Waals surface area contributed by atoms with Crippen LogP contribution in [0.3, 0.4) is 0 Å². The Morgan fingerprint density at radius 2 is 1.81 bits per heavy atom. The number of phenolic OH excluding ortho intramolecular Hbond substituents is 1. The molecule has 2 N–H and O–H groups in total. The Balaban J connectivity index is 2.00. The quantitative estimate of drug-likeness (QED) is 0.363. The van der Waals surface area contributed by atoms with Crippen LogP contribution in [0, 0.1) is 0 Å². The second kappa shape index (κ2) is 8.12. The number of hydrogen-bond donors (Lipinski definition) is 2. The van der Waals surface area contributed by atoms with Crippen molar-refractivity contribution in [2.45, 2.75) is 6.04 Å². The molecule has 7 nitrogen and oxygen atoms in total. The Kier molecular flexibility index (Phi) is 5.35. The summed E-state index contributed by atoms with van der Waals surface area (Å²) >= 11 is 6.09. The van der Waals surface area contributed by atoms with E-state index in [1.165, 1.54) is 37.7 Å². The van der Waals surface area contributed by atoms with Gasteiger partial charge in [-0.2, -0.15) is 0 Å². The summed E-state index contributed by atoms with van der Waals surface area (Å²) in [6, 6.07) is 13.0. The van der Waals surface area contributed by atoms with E-state index in [1.54, 1.807) is 36.4 Å². The number of aromatic hydroxyl groups is 1. The molecule has 0 bridgehead atoms. The number of ether oxygens (including phenoxy) is 1. The van der Waals surface area contributed by atoms with Crippen LogP contribution in [0.1, 0.15) is 17.2 Å². The van der Waals surface area contributed by atoms with E-state index in [0.717, 1.165) is 4.90 Å². The van der Waals surface area contributed by atoms with E-state index >= 15 is 0 Å². The van der Waals surface area contributed by atoms with Gasteiger partial charge in [-0.3, -0.25) is 19.5 Å². The summed E-state index contributed by atoms with van der Waals surface area (Å²) in [5, 5.41) is 21.8. The Morgan fingerprint density at radius 3 is 2.52 bits per heavy atom. The highest BCUT2D eigenvalue weighted by Gasteiger charge is 2.48. The Hall–Kier alpha value is -3.84. The number of anilines is 1. The molecule has 3 aromatic rings. The van der Waals surface area contributed by atoms with Gasteiger partial charge in [0.2, 0.25) is 0 Å². The second-order valence-corrected chi connectivity index (χ2v) is 7.22.